The number of nitrogens with one attached hydrogen (secondary N) is 2. The first-order valence-electron chi connectivity index (χ1n) is 6.46. The highest BCUT2D eigenvalue weighted by atomic mass is 19.4. The Bertz CT molecular complexity index is 592. The Morgan fingerprint density at radius 3 is 2.67 bits per heavy atom. The fourth-order valence-electron chi connectivity index (χ4n) is 2.35. The maximum Gasteiger partial charge on any atom is 0.417 e. The van der Waals surface area contributed by atoms with Gasteiger partial charge in [0.25, 0.3) is 0 Å². The lowest BCUT2D eigenvalue weighted by Crippen LogP contribution is -2.28. The number of nitriles is 1. The quantitative estimate of drug-likeness (QED) is 0.881. The molecular weight excluding hydrogens is 283 g/mol. The highest BCUT2D eigenvalue weighted by molar-refractivity contribution is 5.93. The number of halogens is 3. The molecule has 21 heavy (non-hydrogen) atoms. The highest BCUT2D eigenvalue weighted by Crippen LogP contribution is 2.33. The third-order valence-electron chi connectivity index (χ3n) is 3.57. The van der Waals surface area contributed by atoms with E-state index >= 15 is 0 Å². The van der Waals surface area contributed by atoms with Gasteiger partial charge in [-0.2, -0.15) is 18.4 Å². The molecule has 2 rings (SSSR count). The minimum Gasteiger partial charge on any atom is -0.326 e. The number of anilines is 1. The molecule has 2 atom stereocenters. The standard InChI is InChI=1S/C14H14F3N3O/c1-8-6-19-7-11(8)13(21)20-10-3-2-9(5-18)12(4-10)14(15,16)17/h2-4,8,11,19H,6-7H2,1H3,(H,20,21)/t8-,11-/m1/s1. The smallest absolute Gasteiger partial charge is 0.326 e. The summed E-state index contributed by atoms with van der Waals surface area (Å²) in [5.41, 5.74) is -1.46. The Labute approximate surface area is 119 Å². The van der Waals surface area contributed by atoms with Gasteiger partial charge in [-0.15, -0.1) is 0 Å². The molecular formula is C14H14F3N3O. The molecule has 1 heterocycles. The van der Waals surface area contributed by atoms with Crippen LogP contribution < -0.4 is 10.6 Å². The van der Waals surface area contributed by atoms with Crippen LogP contribution in [0.2, 0.25) is 0 Å². The minimum atomic E-state index is -4.63. The Kier molecular flexibility index (Phi) is 4.19. The minimum absolute atomic E-state index is 0.0467. The van der Waals surface area contributed by atoms with Crippen LogP contribution in [0.4, 0.5) is 18.9 Å². The molecule has 1 amide bonds. The number of amides is 1. The van der Waals surface area contributed by atoms with E-state index in [1.807, 2.05) is 6.92 Å². The molecule has 1 saturated heterocycles. The summed E-state index contributed by atoms with van der Waals surface area (Å²) in [6, 6.07) is 4.67. The fourth-order valence-corrected chi connectivity index (χ4v) is 2.35. The average molecular weight is 297 g/mol. The first-order chi connectivity index (χ1) is 9.82. The summed E-state index contributed by atoms with van der Waals surface area (Å²) >= 11 is 0. The van der Waals surface area contributed by atoms with Gasteiger partial charge in [0, 0.05) is 12.2 Å². The van der Waals surface area contributed by atoms with E-state index in [0.717, 1.165) is 12.1 Å². The molecule has 1 aromatic carbocycles. The molecule has 0 aromatic heterocycles. The van der Waals surface area contributed by atoms with Crippen molar-refractivity contribution in [2.24, 2.45) is 11.8 Å². The number of carbonyl (C=O) groups excluding carboxylic acids is 1. The number of alkyl halides is 3. The maximum absolute atomic E-state index is 12.8. The van der Waals surface area contributed by atoms with Crippen molar-refractivity contribution in [1.29, 1.82) is 5.26 Å². The zero-order valence-electron chi connectivity index (χ0n) is 11.3. The van der Waals surface area contributed by atoms with Gasteiger partial charge in [-0.3, -0.25) is 4.79 Å². The number of carbonyl (C=O) groups is 1. The maximum atomic E-state index is 12.8. The van der Waals surface area contributed by atoms with Crippen LogP contribution in [0.1, 0.15) is 18.1 Å². The molecule has 0 saturated carbocycles. The van der Waals surface area contributed by atoms with Crippen LogP contribution in [0.3, 0.4) is 0 Å². The summed E-state index contributed by atoms with van der Waals surface area (Å²) in [4.78, 5) is 12.0. The van der Waals surface area contributed by atoms with Gasteiger partial charge in [0.15, 0.2) is 0 Å². The first kappa shape index (κ1) is 15.3. The second-order valence-electron chi connectivity index (χ2n) is 5.10. The molecule has 4 nitrogen and oxygen atoms in total. The second-order valence-corrected chi connectivity index (χ2v) is 5.10. The molecule has 1 fully saturated rings. The van der Waals surface area contributed by atoms with Gasteiger partial charge in [0.05, 0.1) is 23.1 Å². The largest absolute Gasteiger partial charge is 0.417 e. The predicted molar refractivity (Wildman–Crippen MR) is 70.3 cm³/mol. The molecule has 0 bridgehead atoms. The van der Waals surface area contributed by atoms with Gasteiger partial charge < -0.3 is 10.6 Å². The van der Waals surface area contributed by atoms with E-state index in [2.05, 4.69) is 10.6 Å². The average Bonchev–Trinajstić information content (AvgIpc) is 2.84. The number of rotatable bonds is 2. The van der Waals surface area contributed by atoms with Gasteiger partial charge in [0.2, 0.25) is 5.91 Å². The number of benzene rings is 1. The normalized spacial score (nSPS) is 21.9. The molecule has 112 valence electrons. The van der Waals surface area contributed by atoms with Gasteiger partial charge in [-0.05, 0) is 30.7 Å². The topological polar surface area (TPSA) is 64.9 Å². The fraction of sp³-hybridized carbons (Fsp3) is 0.429. The van der Waals surface area contributed by atoms with Crippen molar-refractivity contribution in [3.05, 3.63) is 29.3 Å². The molecule has 7 heteroatoms. The van der Waals surface area contributed by atoms with E-state index in [0.29, 0.717) is 13.1 Å². The highest BCUT2D eigenvalue weighted by Gasteiger charge is 2.34. The van der Waals surface area contributed by atoms with Crippen molar-refractivity contribution in [2.45, 2.75) is 13.1 Å². The van der Waals surface area contributed by atoms with Crippen LogP contribution in [0.25, 0.3) is 0 Å². The Hall–Kier alpha value is -2.07. The lowest BCUT2D eigenvalue weighted by molar-refractivity contribution is -0.137. The lowest BCUT2D eigenvalue weighted by atomic mass is 9.97. The molecule has 1 aromatic rings. The first-order valence-corrected chi connectivity index (χ1v) is 6.46. The van der Waals surface area contributed by atoms with Gasteiger partial charge in [0.1, 0.15) is 0 Å². The summed E-state index contributed by atoms with van der Waals surface area (Å²) in [6.45, 7) is 3.12. The molecule has 0 unspecified atom stereocenters. The van der Waals surface area contributed by atoms with E-state index in [-0.39, 0.29) is 23.4 Å². The predicted octanol–water partition coefficient (Wildman–Crippen LogP) is 2.37. The van der Waals surface area contributed by atoms with E-state index in [4.69, 9.17) is 5.26 Å². The van der Waals surface area contributed by atoms with Crippen molar-refractivity contribution in [3.63, 3.8) is 0 Å². The summed E-state index contributed by atoms with van der Waals surface area (Å²) in [5.74, 6) is -0.453. The number of hydrogen-bond acceptors (Lipinski definition) is 3. The van der Waals surface area contributed by atoms with Gasteiger partial charge in [-0.1, -0.05) is 6.92 Å². The SMILES string of the molecule is C[C@@H]1CNC[C@H]1C(=O)Nc1ccc(C#N)c(C(F)(F)F)c1. The van der Waals surface area contributed by atoms with E-state index < -0.39 is 17.3 Å². The third-order valence-corrected chi connectivity index (χ3v) is 3.57. The van der Waals surface area contributed by atoms with Gasteiger partial charge >= 0.3 is 6.18 Å². The molecule has 0 spiro atoms. The Morgan fingerprint density at radius 2 is 2.14 bits per heavy atom. The van der Waals surface area contributed by atoms with Crippen LogP contribution in [-0.4, -0.2) is 19.0 Å². The van der Waals surface area contributed by atoms with Crippen molar-refractivity contribution in [2.75, 3.05) is 18.4 Å². The molecule has 0 radical (unpaired) electrons. The third kappa shape index (κ3) is 3.34. The van der Waals surface area contributed by atoms with Crippen molar-refractivity contribution in [1.82, 2.24) is 5.32 Å². The summed E-state index contributed by atoms with van der Waals surface area (Å²) in [7, 11) is 0. The van der Waals surface area contributed by atoms with E-state index in [9.17, 15) is 18.0 Å². The molecule has 1 aliphatic rings. The Balaban J connectivity index is 2.22. The van der Waals surface area contributed by atoms with Crippen LogP contribution in [0.5, 0.6) is 0 Å². The molecule has 0 aliphatic carbocycles. The van der Waals surface area contributed by atoms with Crippen LogP contribution in [0, 0.1) is 23.2 Å². The van der Waals surface area contributed by atoms with E-state index in [1.165, 1.54) is 12.1 Å². The summed E-state index contributed by atoms with van der Waals surface area (Å²) < 4.78 is 38.5. The molecule has 2 N–H and O–H groups in total. The Morgan fingerprint density at radius 1 is 1.43 bits per heavy atom. The number of nitrogens with zero attached hydrogens (tertiary/aromatic N) is 1. The second kappa shape index (κ2) is 5.74. The van der Waals surface area contributed by atoms with E-state index in [1.54, 1.807) is 0 Å². The lowest BCUT2D eigenvalue weighted by Gasteiger charge is -2.16. The van der Waals surface area contributed by atoms with Crippen molar-refractivity contribution in [3.8, 4) is 6.07 Å². The zero-order valence-corrected chi connectivity index (χ0v) is 11.3. The summed E-state index contributed by atoms with van der Waals surface area (Å²) in [6.07, 6.45) is -4.63. The summed E-state index contributed by atoms with van der Waals surface area (Å²) in [5, 5.41) is 14.3. The van der Waals surface area contributed by atoms with Crippen molar-refractivity contribution >= 4 is 11.6 Å². The zero-order chi connectivity index (χ0) is 15.6. The number of hydrogen-bond donors (Lipinski definition) is 2. The monoisotopic (exact) mass is 297 g/mol. The molecule has 1 aliphatic heterocycles. The van der Waals surface area contributed by atoms with Crippen LogP contribution >= 0.6 is 0 Å². The van der Waals surface area contributed by atoms with Crippen LogP contribution in [0.15, 0.2) is 18.2 Å². The van der Waals surface area contributed by atoms with Crippen LogP contribution in [-0.2, 0) is 11.0 Å². The van der Waals surface area contributed by atoms with Crippen molar-refractivity contribution < 1.29 is 18.0 Å². The van der Waals surface area contributed by atoms with Gasteiger partial charge in [-0.25, -0.2) is 0 Å².